The summed E-state index contributed by atoms with van der Waals surface area (Å²) in [6, 6.07) is 11.0. The van der Waals surface area contributed by atoms with Crippen molar-refractivity contribution >= 4 is 28.4 Å². The van der Waals surface area contributed by atoms with Crippen LogP contribution in [-0.4, -0.2) is 16.4 Å². The third-order valence-electron chi connectivity index (χ3n) is 3.94. The molecule has 0 spiro atoms. The van der Waals surface area contributed by atoms with E-state index in [0.717, 1.165) is 36.6 Å². The van der Waals surface area contributed by atoms with Crippen molar-refractivity contribution in [2.24, 2.45) is 0 Å². The van der Waals surface area contributed by atoms with E-state index >= 15 is 0 Å². The molecule has 21 heavy (non-hydrogen) atoms. The Morgan fingerprint density at radius 1 is 1.29 bits per heavy atom. The number of pyridine rings is 1. The van der Waals surface area contributed by atoms with Crippen molar-refractivity contribution in [1.29, 1.82) is 5.26 Å². The third kappa shape index (κ3) is 2.70. The molecule has 1 aliphatic rings. The summed E-state index contributed by atoms with van der Waals surface area (Å²) in [6.07, 6.45) is 3.40. The van der Waals surface area contributed by atoms with Crippen LogP contribution in [-0.2, 0) is 0 Å². The first kappa shape index (κ1) is 13.8. The molecule has 0 bridgehead atoms. The summed E-state index contributed by atoms with van der Waals surface area (Å²) in [5.41, 5.74) is 0.577. The minimum absolute atomic E-state index is 0.213. The number of hydrogen-bond acceptors (Lipinski definition) is 3. The molecule has 0 atom stereocenters. The zero-order valence-electron chi connectivity index (χ0n) is 11.4. The molecule has 2 aromatic rings. The highest BCUT2D eigenvalue weighted by Gasteiger charge is 2.35. The Balaban J connectivity index is 1.88. The Labute approximate surface area is 127 Å². The number of rotatable bonds is 2. The number of nitrogens with one attached hydrogen (secondary N) is 1. The molecule has 0 saturated heterocycles. The zero-order chi connectivity index (χ0) is 14.9. The van der Waals surface area contributed by atoms with Crippen LogP contribution in [0.2, 0.25) is 5.15 Å². The lowest BCUT2D eigenvalue weighted by atomic mass is 9.99. The lowest BCUT2D eigenvalue weighted by Gasteiger charge is -2.22. The van der Waals surface area contributed by atoms with Crippen molar-refractivity contribution in [1.82, 2.24) is 10.3 Å². The zero-order valence-corrected chi connectivity index (χ0v) is 12.2. The minimum Gasteiger partial charge on any atom is -0.334 e. The van der Waals surface area contributed by atoms with E-state index in [1.165, 1.54) is 0 Å². The topological polar surface area (TPSA) is 65.8 Å². The summed E-state index contributed by atoms with van der Waals surface area (Å²) in [7, 11) is 0. The predicted octanol–water partition coefficient (Wildman–Crippen LogP) is 3.45. The number of fused-ring (bicyclic) bond motifs is 1. The van der Waals surface area contributed by atoms with Crippen molar-refractivity contribution in [3.8, 4) is 6.07 Å². The number of carbonyl (C=O) groups is 1. The van der Waals surface area contributed by atoms with E-state index in [2.05, 4.69) is 16.4 Å². The molecule has 5 heteroatoms. The lowest BCUT2D eigenvalue weighted by Crippen LogP contribution is -2.45. The van der Waals surface area contributed by atoms with Gasteiger partial charge in [-0.15, -0.1) is 0 Å². The molecule has 0 radical (unpaired) electrons. The summed E-state index contributed by atoms with van der Waals surface area (Å²) < 4.78 is 0. The molecule has 1 aromatic carbocycles. The Morgan fingerprint density at radius 3 is 2.76 bits per heavy atom. The highest BCUT2D eigenvalue weighted by molar-refractivity contribution is 6.29. The van der Waals surface area contributed by atoms with Gasteiger partial charge in [0, 0.05) is 10.9 Å². The second kappa shape index (κ2) is 5.34. The summed E-state index contributed by atoms with van der Waals surface area (Å²) in [5.74, 6) is -0.213. The van der Waals surface area contributed by atoms with Crippen LogP contribution < -0.4 is 5.32 Å². The van der Waals surface area contributed by atoms with Crippen LogP contribution in [0, 0.1) is 11.3 Å². The largest absolute Gasteiger partial charge is 0.334 e. The van der Waals surface area contributed by atoms with E-state index < -0.39 is 5.54 Å². The van der Waals surface area contributed by atoms with Gasteiger partial charge in [-0.2, -0.15) is 5.26 Å². The number of nitriles is 1. The molecule has 1 fully saturated rings. The van der Waals surface area contributed by atoms with Gasteiger partial charge in [-0.1, -0.05) is 11.6 Å². The van der Waals surface area contributed by atoms with Gasteiger partial charge >= 0.3 is 0 Å². The van der Waals surface area contributed by atoms with Gasteiger partial charge in [0.05, 0.1) is 11.6 Å². The molecular formula is C16H14ClN3O. The Morgan fingerprint density at radius 2 is 2.05 bits per heavy atom. The van der Waals surface area contributed by atoms with Crippen LogP contribution in [0.3, 0.4) is 0 Å². The van der Waals surface area contributed by atoms with Crippen LogP contribution in [0.25, 0.3) is 10.9 Å². The van der Waals surface area contributed by atoms with Crippen LogP contribution in [0.15, 0.2) is 30.3 Å². The van der Waals surface area contributed by atoms with Crippen molar-refractivity contribution in [2.75, 3.05) is 0 Å². The first-order valence-electron chi connectivity index (χ1n) is 6.92. The monoisotopic (exact) mass is 299 g/mol. The quantitative estimate of drug-likeness (QED) is 0.864. The number of carbonyl (C=O) groups excluding carboxylic acids is 1. The number of aromatic nitrogens is 1. The number of benzene rings is 1. The molecule has 0 unspecified atom stereocenters. The van der Waals surface area contributed by atoms with E-state index in [1.54, 1.807) is 24.3 Å². The van der Waals surface area contributed by atoms with Gasteiger partial charge in [-0.25, -0.2) is 4.98 Å². The molecule has 1 heterocycles. The molecule has 1 N–H and O–H groups in total. The summed E-state index contributed by atoms with van der Waals surface area (Å²) >= 11 is 5.85. The molecule has 106 valence electrons. The first-order valence-corrected chi connectivity index (χ1v) is 7.30. The van der Waals surface area contributed by atoms with E-state index in [4.69, 9.17) is 11.6 Å². The normalized spacial score (nSPS) is 16.6. The van der Waals surface area contributed by atoms with Crippen LogP contribution in [0.1, 0.15) is 36.0 Å². The minimum atomic E-state index is -0.704. The van der Waals surface area contributed by atoms with Crippen molar-refractivity contribution in [2.45, 2.75) is 31.2 Å². The average Bonchev–Trinajstić information content (AvgIpc) is 2.95. The van der Waals surface area contributed by atoms with Crippen LogP contribution in [0.4, 0.5) is 0 Å². The van der Waals surface area contributed by atoms with Gasteiger partial charge in [0.1, 0.15) is 10.7 Å². The van der Waals surface area contributed by atoms with Gasteiger partial charge in [0.2, 0.25) is 0 Å². The maximum atomic E-state index is 12.4. The van der Waals surface area contributed by atoms with Gasteiger partial charge in [0.25, 0.3) is 5.91 Å². The first-order chi connectivity index (χ1) is 10.1. The van der Waals surface area contributed by atoms with Crippen molar-refractivity contribution in [3.05, 3.63) is 41.0 Å². The number of halogens is 1. The molecule has 1 aromatic heterocycles. The van der Waals surface area contributed by atoms with E-state index in [-0.39, 0.29) is 5.91 Å². The van der Waals surface area contributed by atoms with Crippen molar-refractivity contribution in [3.63, 3.8) is 0 Å². The molecule has 4 nitrogen and oxygen atoms in total. The molecule has 1 saturated carbocycles. The fraction of sp³-hybridized carbons (Fsp3) is 0.312. The average molecular weight is 300 g/mol. The highest BCUT2D eigenvalue weighted by Crippen LogP contribution is 2.29. The molecule has 1 amide bonds. The van der Waals surface area contributed by atoms with E-state index in [9.17, 15) is 10.1 Å². The van der Waals surface area contributed by atoms with E-state index in [0.29, 0.717) is 10.7 Å². The smallest absolute Gasteiger partial charge is 0.252 e. The maximum Gasteiger partial charge on any atom is 0.252 e. The Bertz CT molecular complexity index is 745. The molecule has 1 aliphatic carbocycles. The second-order valence-corrected chi connectivity index (χ2v) is 5.78. The van der Waals surface area contributed by atoms with Gasteiger partial charge in [-0.3, -0.25) is 4.79 Å². The standard InChI is InChI=1S/C16H14ClN3O/c17-14-6-4-11-9-12(3-5-13(11)19-14)15(21)20-16(10-18)7-1-2-8-16/h3-6,9H,1-2,7-8H2,(H,20,21). The number of hydrogen-bond donors (Lipinski definition) is 1. The van der Waals surface area contributed by atoms with Gasteiger partial charge < -0.3 is 5.32 Å². The molecule has 0 aliphatic heterocycles. The van der Waals surface area contributed by atoms with Gasteiger partial charge in [-0.05, 0) is 56.0 Å². The summed E-state index contributed by atoms with van der Waals surface area (Å²) in [6.45, 7) is 0. The second-order valence-electron chi connectivity index (χ2n) is 5.40. The van der Waals surface area contributed by atoms with Crippen LogP contribution in [0.5, 0.6) is 0 Å². The predicted molar refractivity (Wildman–Crippen MR) is 81.0 cm³/mol. The van der Waals surface area contributed by atoms with Crippen LogP contribution >= 0.6 is 11.6 Å². The molecule has 3 rings (SSSR count). The number of nitrogens with zero attached hydrogens (tertiary/aromatic N) is 2. The lowest BCUT2D eigenvalue weighted by molar-refractivity contribution is 0.0921. The van der Waals surface area contributed by atoms with Gasteiger partial charge in [0.15, 0.2) is 0 Å². The maximum absolute atomic E-state index is 12.4. The van der Waals surface area contributed by atoms with Crippen molar-refractivity contribution < 1.29 is 4.79 Å². The highest BCUT2D eigenvalue weighted by atomic mass is 35.5. The fourth-order valence-corrected chi connectivity index (χ4v) is 2.93. The summed E-state index contributed by atoms with van der Waals surface area (Å²) in [5, 5.41) is 13.5. The number of amides is 1. The third-order valence-corrected chi connectivity index (χ3v) is 4.15. The Hall–Kier alpha value is -2.12. The molecular weight excluding hydrogens is 286 g/mol. The summed E-state index contributed by atoms with van der Waals surface area (Å²) in [4.78, 5) is 16.6. The SMILES string of the molecule is N#CC1(NC(=O)c2ccc3nc(Cl)ccc3c2)CCCC1. The fourth-order valence-electron chi connectivity index (χ4n) is 2.77. The van der Waals surface area contributed by atoms with E-state index in [1.807, 2.05) is 6.07 Å². The Kier molecular flexibility index (Phi) is 3.52.